The van der Waals surface area contributed by atoms with Crippen molar-refractivity contribution < 1.29 is 0 Å². The van der Waals surface area contributed by atoms with E-state index < -0.39 is 0 Å². The van der Waals surface area contributed by atoms with Gasteiger partial charge in [0.05, 0.1) is 4.99 Å². The van der Waals surface area contributed by atoms with Crippen molar-refractivity contribution in [1.29, 1.82) is 0 Å². The van der Waals surface area contributed by atoms with Gasteiger partial charge in [0.15, 0.2) is 0 Å². The van der Waals surface area contributed by atoms with E-state index in [0.717, 1.165) is 17.3 Å². The predicted octanol–water partition coefficient (Wildman–Crippen LogP) is 4.26. The first-order valence-corrected chi connectivity index (χ1v) is 7.10. The predicted molar refractivity (Wildman–Crippen MR) is 75.9 cm³/mol. The molecule has 1 aliphatic rings. The first-order chi connectivity index (χ1) is 7.44. The van der Waals surface area contributed by atoms with E-state index in [1.807, 2.05) is 0 Å². The topological polar surface area (TPSA) is 3.24 Å². The van der Waals surface area contributed by atoms with Crippen LogP contribution in [0.3, 0.4) is 0 Å². The smallest absolute Gasteiger partial charge is 0.0776 e. The zero-order valence-electron chi connectivity index (χ0n) is 11.5. The Bertz CT molecular complexity index is 247. The lowest BCUT2D eigenvalue weighted by Gasteiger charge is -2.48. The summed E-state index contributed by atoms with van der Waals surface area (Å²) in [4.78, 5) is 3.51. The molecule has 0 amide bonds. The zero-order chi connectivity index (χ0) is 12.3. The highest BCUT2D eigenvalue weighted by Gasteiger charge is 2.39. The van der Waals surface area contributed by atoms with Crippen LogP contribution in [0.5, 0.6) is 0 Å². The quantitative estimate of drug-likeness (QED) is 0.679. The van der Waals surface area contributed by atoms with Crippen molar-refractivity contribution in [3.63, 3.8) is 0 Å². The standard InChI is InChI=1S/C14H27NS/c1-6-11-12(15(5)13(16)7-2)9-8-10-14(11,3)4/h11-12H,6-10H2,1-5H3. The van der Waals surface area contributed by atoms with Crippen LogP contribution in [-0.4, -0.2) is 23.0 Å². The fourth-order valence-electron chi connectivity index (χ4n) is 3.40. The van der Waals surface area contributed by atoms with Crippen molar-refractivity contribution in [2.24, 2.45) is 11.3 Å². The Kier molecular flexibility index (Phi) is 4.78. The minimum absolute atomic E-state index is 0.481. The third-order valence-corrected chi connectivity index (χ3v) is 5.00. The summed E-state index contributed by atoms with van der Waals surface area (Å²) < 4.78 is 0. The second-order valence-corrected chi connectivity index (χ2v) is 6.29. The molecule has 1 rings (SSSR count). The molecule has 94 valence electrons. The van der Waals surface area contributed by atoms with E-state index in [1.54, 1.807) is 0 Å². The van der Waals surface area contributed by atoms with Crippen LogP contribution in [0.15, 0.2) is 0 Å². The SMILES string of the molecule is CCC(=S)N(C)C1CCCC(C)(C)C1CC. The highest BCUT2D eigenvalue weighted by Crippen LogP contribution is 2.44. The lowest BCUT2D eigenvalue weighted by molar-refractivity contribution is 0.0601. The van der Waals surface area contributed by atoms with Crippen LogP contribution in [0.4, 0.5) is 0 Å². The molecule has 0 saturated heterocycles. The monoisotopic (exact) mass is 241 g/mol. The molecule has 1 nitrogen and oxygen atoms in total. The van der Waals surface area contributed by atoms with Gasteiger partial charge in [0.2, 0.25) is 0 Å². The van der Waals surface area contributed by atoms with E-state index in [1.165, 1.54) is 25.7 Å². The molecule has 0 aromatic carbocycles. The molecule has 2 unspecified atom stereocenters. The van der Waals surface area contributed by atoms with Gasteiger partial charge in [-0.3, -0.25) is 0 Å². The summed E-state index contributed by atoms with van der Waals surface area (Å²) >= 11 is 5.46. The van der Waals surface area contributed by atoms with Crippen molar-refractivity contribution in [3.8, 4) is 0 Å². The van der Waals surface area contributed by atoms with Crippen LogP contribution < -0.4 is 0 Å². The maximum Gasteiger partial charge on any atom is 0.0776 e. The minimum atomic E-state index is 0.481. The van der Waals surface area contributed by atoms with Gasteiger partial charge in [0, 0.05) is 13.1 Å². The summed E-state index contributed by atoms with van der Waals surface area (Å²) in [6.07, 6.45) is 6.31. The summed E-state index contributed by atoms with van der Waals surface area (Å²) in [6, 6.07) is 0.668. The van der Waals surface area contributed by atoms with Crippen molar-refractivity contribution in [2.75, 3.05) is 7.05 Å². The molecule has 1 fully saturated rings. The van der Waals surface area contributed by atoms with Gasteiger partial charge in [-0.05, 0) is 30.6 Å². The van der Waals surface area contributed by atoms with E-state index in [-0.39, 0.29) is 0 Å². The molecule has 2 atom stereocenters. The van der Waals surface area contributed by atoms with Crippen LogP contribution in [0.1, 0.15) is 59.8 Å². The normalized spacial score (nSPS) is 28.8. The summed E-state index contributed by atoms with van der Waals surface area (Å²) in [6.45, 7) is 9.34. The van der Waals surface area contributed by atoms with Gasteiger partial charge in [0.1, 0.15) is 0 Å². The van der Waals surface area contributed by atoms with Gasteiger partial charge >= 0.3 is 0 Å². The average molecular weight is 241 g/mol. The molecule has 0 aromatic rings. The summed E-state index contributed by atoms with van der Waals surface area (Å²) in [5.74, 6) is 0.788. The lowest BCUT2D eigenvalue weighted by atomic mass is 9.65. The Hall–Kier alpha value is -0.110. The highest BCUT2D eigenvalue weighted by atomic mass is 32.1. The number of hydrogen-bond donors (Lipinski definition) is 0. The molecule has 0 aromatic heterocycles. The van der Waals surface area contributed by atoms with Crippen molar-refractivity contribution in [2.45, 2.75) is 65.8 Å². The Balaban J connectivity index is 2.81. The molecular weight excluding hydrogens is 214 g/mol. The maximum atomic E-state index is 5.46. The van der Waals surface area contributed by atoms with Crippen LogP contribution in [-0.2, 0) is 0 Å². The van der Waals surface area contributed by atoms with Gasteiger partial charge in [0.25, 0.3) is 0 Å². The molecule has 0 spiro atoms. The van der Waals surface area contributed by atoms with Crippen LogP contribution in [0, 0.1) is 11.3 Å². The summed E-state index contributed by atoms with van der Waals surface area (Å²) in [7, 11) is 2.19. The Morgan fingerprint density at radius 3 is 2.50 bits per heavy atom. The molecular formula is C14H27NS. The third kappa shape index (κ3) is 2.77. The van der Waals surface area contributed by atoms with Crippen LogP contribution in [0.25, 0.3) is 0 Å². The lowest BCUT2D eigenvalue weighted by Crippen LogP contribution is -2.48. The maximum absolute atomic E-state index is 5.46. The van der Waals surface area contributed by atoms with Crippen molar-refractivity contribution >= 4 is 17.2 Å². The summed E-state index contributed by atoms with van der Waals surface area (Å²) in [5, 5.41) is 0. The van der Waals surface area contributed by atoms with Crippen LogP contribution >= 0.6 is 12.2 Å². The number of hydrogen-bond acceptors (Lipinski definition) is 1. The second-order valence-electron chi connectivity index (χ2n) is 5.82. The first kappa shape index (κ1) is 14.0. The molecule has 0 radical (unpaired) electrons. The number of nitrogens with zero attached hydrogens (tertiary/aromatic N) is 1. The molecule has 0 aliphatic heterocycles. The molecule has 1 saturated carbocycles. The first-order valence-electron chi connectivity index (χ1n) is 6.69. The molecule has 0 heterocycles. The van der Waals surface area contributed by atoms with Gasteiger partial charge in [-0.15, -0.1) is 0 Å². The molecule has 0 N–H and O–H groups in total. The van der Waals surface area contributed by atoms with Crippen LogP contribution in [0.2, 0.25) is 0 Å². The van der Waals surface area contributed by atoms with E-state index in [9.17, 15) is 0 Å². The molecule has 2 heteroatoms. The Morgan fingerprint density at radius 2 is 2.00 bits per heavy atom. The number of rotatable bonds is 3. The largest absolute Gasteiger partial charge is 0.366 e. The molecule has 1 aliphatic carbocycles. The van der Waals surface area contributed by atoms with E-state index in [0.29, 0.717) is 11.5 Å². The number of thiocarbonyl (C=S) groups is 1. The van der Waals surface area contributed by atoms with Crippen molar-refractivity contribution in [3.05, 3.63) is 0 Å². The highest BCUT2D eigenvalue weighted by molar-refractivity contribution is 7.80. The Labute approximate surface area is 107 Å². The van der Waals surface area contributed by atoms with Gasteiger partial charge in [-0.2, -0.15) is 0 Å². The van der Waals surface area contributed by atoms with E-state index >= 15 is 0 Å². The van der Waals surface area contributed by atoms with Gasteiger partial charge in [-0.25, -0.2) is 0 Å². The van der Waals surface area contributed by atoms with Gasteiger partial charge in [-0.1, -0.05) is 52.8 Å². The Morgan fingerprint density at radius 1 is 1.38 bits per heavy atom. The fraction of sp³-hybridized carbons (Fsp3) is 0.929. The fourth-order valence-corrected chi connectivity index (χ4v) is 3.53. The van der Waals surface area contributed by atoms with E-state index in [4.69, 9.17) is 12.2 Å². The average Bonchev–Trinajstić information content (AvgIpc) is 2.25. The third-order valence-electron chi connectivity index (χ3n) is 4.42. The zero-order valence-corrected chi connectivity index (χ0v) is 12.4. The van der Waals surface area contributed by atoms with Gasteiger partial charge < -0.3 is 4.90 Å². The molecule has 0 bridgehead atoms. The van der Waals surface area contributed by atoms with E-state index in [2.05, 4.69) is 39.6 Å². The molecule has 16 heavy (non-hydrogen) atoms. The minimum Gasteiger partial charge on any atom is -0.366 e. The van der Waals surface area contributed by atoms with Crippen molar-refractivity contribution in [1.82, 2.24) is 4.90 Å². The second kappa shape index (κ2) is 5.48. The summed E-state index contributed by atoms with van der Waals surface area (Å²) in [5.41, 5.74) is 0.481.